The predicted octanol–water partition coefficient (Wildman–Crippen LogP) is 27.8. The molecule has 0 fully saturated rings. The van der Waals surface area contributed by atoms with Crippen LogP contribution in [0.15, 0.2) is 36.5 Å². The Morgan fingerprint density at radius 2 is 0.559 bits per heavy atom. The molecule has 0 aliphatic rings. The number of phosphoric ester groups is 1. The third-order valence-corrected chi connectivity index (χ3v) is 20.0. The molecule has 0 amide bonds. The third kappa shape index (κ3) is 79.1. The summed E-state index contributed by atoms with van der Waals surface area (Å²) in [4.78, 5) is 35.5. The van der Waals surface area contributed by atoms with Gasteiger partial charge >= 0.3 is 19.8 Å². The first-order valence-electron chi connectivity index (χ1n) is 41.5. The van der Waals surface area contributed by atoms with Gasteiger partial charge in [0.05, 0.1) is 13.2 Å². The molecule has 0 aromatic carbocycles. The number of ether oxygens (including phenoxy) is 2. The molecular weight excluding hydrogens is 1170 g/mol. The maximum Gasteiger partial charge on any atom is 0.472 e. The Morgan fingerprint density at radius 3 is 0.828 bits per heavy atom. The number of esters is 2. The van der Waals surface area contributed by atoms with Crippen molar-refractivity contribution in [2.75, 3.05) is 26.4 Å². The summed E-state index contributed by atoms with van der Waals surface area (Å²) in [6.45, 7) is 3.82. The molecule has 0 saturated carbocycles. The summed E-state index contributed by atoms with van der Waals surface area (Å²) in [5, 5.41) is 0. The largest absolute Gasteiger partial charge is 0.472 e. The van der Waals surface area contributed by atoms with Crippen molar-refractivity contribution >= 4 is 19.8 Å². The first kappa shape index (κ1) is 91.2. The van der Waals surface area contributed by atoms with E-state index in [-0.39, 0.29) is 38.6 Å². The molecule has 0 saturated heterocycles. The van der Waals surface area contributed by atoms with E-state index < -0.39 is 26.5 Å². The molecule has 2 atom stereocenters. The molecule has 2 unspecified atom stereocenters. The van der Waals surface area contributed by atoms with Crippen molar-refractivity contribution in [3.8, 4) is 0 Å². The highest BCUT2D eigenvalue weighted by molar-refractivity contribution is 7.47. The molecule has 9 nitrogen and oxygen atoms in total. The zero-order chi connectivity index (χ0) is 67.2. The Hall–Kier alpha value is -1.77. The molecule has 3 N–H and O–H groups in total. The van der Waals surface area contributed by atoms with Crippen LogP contribution in [-0.4, -0.2) is 49.3 Å². The van der Waals surface area contributed by atoms with E-state index in [9.17, 15) is 19.0 Å². The minimum absolute atomic E-state index is 0.0570. The van der Waals surface area contributed by atoms with E-state index in [4.69, 9.17) is 24.3 Å². The quantitative estimate of drug-likeness (QED) is 0.0264. The second-order valence-corrected chi connectivity index (χ2v) is 29.8. The molecule has 0 radical (unpaired) electrons. The highest BCUT2D eigenvalue weighted by atomic mass is 31.2. The Labute approximate surface area is 579 Å². The van der Waals surface area contributed by atoms with Gasteiger partial charge < -0.3 is 20.1 Å². The number of allylic oxidation sites excluding steroid dienone is 6. The van der Waals surface area contributed by atoms with Gasteiger partial charge in [0.1, 0.15) is 6.61 Å². The van der Waals surface area contributed by atoms with Gasteiger partial charge in [0.2, 0.25) is 0 Å². The van der Waals surface area contributed by atoms with Gasteiger partial charge in [-0.3, -0.25) is 18.6 Å². The number of rotatable bonds is 80. The molecule has 0 aliphatic carbocycles. The lowest BCUT2D eigenvalue weighted by molar-refractivity contribution is -0.161. The van der Waals surface area contributed by atoms with Crippen molar-refractivity contribution in [3.63, 3.8) is 0 Å². The van der Waals surface area contributed by atoms with Crippen LogP contribution >= 0.6 is 7.82 Å². The van der Waals surface area contributed by atoms with Crippen molar-refractivity contribution in [3.05, 3.63) is 36.5 Å². The van der Waals surface area contributed by atoms with Crippen LogP contribution in [0.5, 0.6) is 0 Å². The number of hydrogen-bond donors (Lipinski definition) is 2. The van der Waals surface area contributed by atoms with Gasteiger partial charge in [-0.1, -0.05) is 403 Å². The summed E-state index contributed by atoms with van der Waals surface area (Å²) in [7, 11) is -4.39. The average Bonchev–Trinajstić information content (AvgIpc) is 3.49. The van der Waals surface area contributed by atoms with Gasteiger partial charge in [0, 0.05) is 19.4 Å². The van der Waals surface area contributed by atoms with Gasteiger partial charge in [-0.2, -0.15) is 0 Å². The minimum Gasteiger partial charge on any atom is -0.462 e. The smallest absolute Gasteiger partial charge is 0.462 e. The third-order valence-electron chi connectivity index (χ3n) is 19.0. The van der Waals surface area contributed by atoms with E-state index in [0.29, 0.717) is 6.42 Å². The Kier molecular flexibility index (Phi) is 77.7. The topological polar surface area (TPSA) is 134 Å². The number of carbonyl (C=O) groups excluding carboxylic acids is 2. The first-order valence-corrected chi connectivity index (χ1v) is 43.0. The van der Waals surface area contributed by atoms with Gasteiger partial charge in [0.15, 0.2) is 6.10 Å². The van der Waals surface area contributed by atoms with Gasteiger partial charge in [-0.05, 0) is 70.6 Å². The summed E-state index contributed by atoms with van der Waals surface area (Å²) >= 11 is 0. The Morgan fingerprint density at radius 1 is 0.323 bits per heavy atom. The highest BCUT2D eigenvalue weighted by Gasteiger charge is 2.26. The van der Waals surface area contributed by atoms with Crippen molar-refractivity contribution in [1.29, 1.82) is 0 Å². The van der Waals surface area contributed by atoms with E-state index >= 15 is 0 Å². The summed E-state index contributed by atoms with van der Waals surface area (Å²) in [5.74, 6) is -0.799. The Balaban J connectivity index is 3.72. The van der Waals surface area contributed by atoms with Crippen LogP contribution in [0.2, 0.25) is 0 Å². The van der Waals surface area contributed by atoms with Crippen LogP contribution in [0.4, 0.5) is 0 Å². The van der Waals surface area contributed by atoms with Gasteiger partial charge in [-0.25, -0.2) is 4.57 Å². The summed E-state index contributed by atoms with van der Waals surface area (Å²) in [5.41, 5.74) is 5.42. The zero-order valence-corrected chi connectivity index (χ0v) is 63.2. The molecule has 93 heavy (non-hydrogen) atoms. The monoisotopic (exact) mass is 1330 g/mol. The number of nitrogens with two attached hydrogens (primary N) is 1. The predicted molar refractivity (Wildman–Crippen MR) is 404 cm³/mol. The van der Waals surface area contributed by atoms with E-state index in [2.05, 4.69) is 50.3 Å². The van der Waals surface area contributed by atoms with Gasteiger partial charge in [0.25, 0.3) is 0 Å². The summed E-state index contributed by atoms with van der Waals surface area (Å²) in [6.07, 6.45) is 102. The molecular formula is C83H160NO8P. The maximum absolute atomic E-state index is 12.8. The fourth-order valence-corrected chi connectivity index (χ4v) is 13.6. The SMILES string of the molecule is CCCCCCC/C=C\C/C=C\CCCCCCCCCCCCCCCCCCCCCCCCCCCCCCCC(=O)OC(COC(=O)CCCCCCCCCCCCCCCCCCCCC/C=C\CCCCCCCCCC)COP(=O)(O)OCCN. The van der Waals surface area contributed by atoms with E-state index in [0.717, 1.165) is 38.5 Å². The van der Waals surface area contributed by atoms with Crippen LogP contribution in [0.1, 0.15) is 450 Å². The molecule has 0 aromatic heterocycles. The number of phosphoric acid groups is 1. The molecule has 550 valence electrons. The first-order chi connectivity index (χ1) is 45.8. The number of unbranched alkanes of at least 4 members (excludes halogenated alkanes) is 61. The molecule has 0 aliphatic heterocycles. The van der Waals surface area contributed by atoms with Crippen LogP contribution in [0.25, 0.3) is 0 Å². The van der Waals surface area contributed by atoms with E-state index in [1.807, 2.05) is 0 Å². The molecule has 0 spiro atoms. The lowest BCUT2D eigenvalue weighted by atomic mass is 10.0. The lowest BCUT2D eigenvalue weighted by Gasteiger charge is -2.19. The van der Waals surface area contributed by atoms with Crippen molar-refractivity contribution in [1.82, 2.24) is 0 Å². The average molecular weight is 1330 g/mol. The van der Waals surface area contributed by atoms with Crippen LogP contribution in [0, 0.1) is 0 Å². The van der Waals surface area contributed by atoms with Crippen molar-refractivity contribution < 1.29 is 37.6 Å². The molecule has 0 rings (SSSR count). The molecule has 0 aromatic rings. The number of hydrogen-bond acceptors (Lipinski definition) is 8. The standard InChI is InChI=1S/C83H160NO8P/c1-3-5-7-9-11-13-15-17-19-21-23-25-27-29-31-33-35-36-37-38-39-40-41-42-43-44-46-48-50-52-54-56-58-60-62-64-66-68-70-72-74-76-83(86)92-81(80-91-93(87,88)90-78-77-84)79-89-82(85)75-73-71-69-67-65-63-61-59-57-55-53-51-49-47-45-34-32-30-28-26-24-22-20-18-16-14-12-10-8-6-4-2/h15,17,21-24,81H,3-14,16,18-20,25-80,84H2,1-2H3,(H,87,88)/b17-15-,23-21-,24-22-. The zero-order valence-electron chi connectivity index (χ0n) is 62.3. The fourth-order valence-electron chi connectivity index (χ4n) is 12.8. The van der Waals surface area contributed by atoms with Crippen molar-refractivity contribution in [2.24, 2.45) is 5.73 Å². The number of carbonyl (C=O) groups is 2. The fraction of sp³-hybridized carbons (Fsp3) is 0.904. The highest BCUT2D eigenvalue weighted by Crippen LogP contribution is 2.43. The van der Waals surface area contributed by atoms with E-state index in [1.54, 1.807) is 0 Å². The second kappa shape index (κ2) is 79.2. The van der Waals surface area contributed by atoms with Crippen LogP contribution in [0.3, 0.4) is 0 Å². The van der Waals surface area contributed by atoms with Gasteiger partial charge in [-0.15, -0.1) is 0 Å². The molecule has 0 heterocycles. The second-order valence-electron chi connectivity index (χ2n) is 28.3. The molecule has 10 heteroatoms. The van der Waals surface area contributed by atoms with Crippen LogP contribution in [-0.2, 0) is 32.7 Å². The Bertz CT molecular complexity index is 1620. The minimum atomic E-state index is -4.39. The summed E-state index contributed by atoms with van der Waals surface area (Å²) < 4.78 is 33.3. The summed E-state index contributed by atoms with van der Waals surface area (Å²) in [6, 6.07) is 0. The van der Waals surface area contributed by atoms with Crippen LogP contribution < -0.4 is 5.73 Å². The van der Waals surface area contributed by atoms with Crippen molar-refractivity contribution in [2.45, 2.75) is 457 Å². The van der Waals surface area contributed by atoms with E-state index in [1.165, 1.54) is 379 Å². The normalized spacial score (nSPS) is 12.9. The lowest BCUT2D eigenvalue weighted by Crippen LogP contribution is -2.29. The maximum atomic E-state index is 12.8. The molecule has 0 bridgehead atoms.